The van der Waals surface area contributed by atoms with Crippen molar-refractivity contribution >= 4 is 39.0 Å². The molecule has 1 aliphatic heterocycles. The summed E-state index contributed by atoms with van der Waals surface area (Å²) in [5, 5.41) is 2.02. The summed E-state index contributed by atoms with van der Waals surface area (Å²) in [5.74, 6) is 1.16. The van der Waals surface area contributed by atoms with Gasteiger partial charge in [-0.15, -0.1) is 11.6 Å². The molecule has 2 aromatic rings. The second-order valence-electron chi connectivity index (χ2n) is 7.54. The van der Waals surface area contributed by atoms with Gasteiger partial charge >= 0.3 is 0 Å². The molecule has 5 rings (SSSR count). The quantitative estimate of drug-likeness (QED) is 0.500. The number of hydrogen-bond donors (Lipinski definition) is 0. The lowest BCUT2D eigenvalue weighted by Gasteiger charge is -2.28. The number of carbonyl (C=O) groups excluding carboxylic acids is 1. The van der Waals surface area contributed by atoms with Crippen LogP contribution in [0.1, 0.15) is 23.2 Å². The van der Waals surface area contributed by atoms with Crippen molar-refractivity contribution < 1.29 is 9.63 Å². The van der Waals surface area contributed by atoms with E-state index in [4.69, 9.17) is 16.4 Å². The van der Waals surface area contributed by atoms with E-state index in [9.17, 15) is 4.79 Å². The van der Waals surface area contributed by atoms with Crippen LogP contribution in [0.4, 0.5) is 5.69 Å². The van der Waals surface area contributed by atoms with Gasteiger partial charge in [0.1, 0.15) is 6.04 Å². The standard InChI is InChI=1S/C21H19BrClNO2/c22-14-8-6-12(7-9-14)20(25)19-18-13-10-16(17(23)11-13)21(18)26-24(19)15-4-2-1-3-5-15/h1-9,13,16-19,21H,10-11H2/t13-,16-,17-,18+,19+,21-/m1/s1. The molecule has 3 fully saturated rings. The fraction of sp³-hybridized carbons (Fsp3) is 0.381. The summed E-state index contributed by atoms with van der Waals surface area (Å²) in [5.41, 5.74) is 1.66. The number of Topliss-reactive ketones (excluding diaryl/α,β-unsaturated/α-hetero) is 1. The summed E-state index contributed by atoms with van der Waals surface area (Å²) >= 11 is 9.99. The van der Waals surface area contributed by atoms with Crippen molar-refractivity contribution in [3.8, 4) is 0 Å². The Bertz CT molecular complexity index is 828. The van der Waals surface area contributed by atoms with E-state index in [-0.39, 0.29) is 29.2 Å². The van der Waals surface area contributed by atoms with Crippen LogP contribution in [0.2, 0.25) is 0 Å². The third kappa shape index (κ3) is 2.54. The molecule has 3 aliphatic rings. The van der Waals surface area contributed by atoms with E-state index in [1.807, 2.05) is 59.7 Å². The van der Waals surface area contributed by atoms with Crippen molar-refractivity contribution in [2.45, 2.75) is 30.4 Å². The first kappa shape index (κ1) is 16.8. The van der Waals surface area contributed by atoms with Gasteiger partial charge in [0.15, 0.2) is 5.78 Å². The third-order valence-electron chi connectivity index (χ3n) is 6.17. The lowest BCUT2D eigenvalue weighted by atomic mass is 9.79. The van der Waals surface area contributed by atoms with Gasteiger partial charge < -0.3 is 0 Å². The van der Waals surface area contributed by atoms with Crippen LogP contribution >= 0.6 is 27.5 Å². The molecular weight excluding hydrogens is 414 g/mol. The lowest BCUT2D eigenvalue weighted by Crippen LogP contribution is -2.42. The minimum atomic E-state index is -0.289. The monoisotopic (exact) mass is 431 g/mol. The van der Waals surface area contributed by atoms with E-state index < -0.39 is 0 Å². The van der Waals surface area contributed by atoms with Gasteiger partial charge in [0.2, 0.25) is 0 Å². The second-order valence-corrected chi connectivity index (χ2v) is 9.01. The smallest absolute Gasteiger partial charge is 0.188 e. The van der Waals surface area contributed by atoms with E-state index >= 15 is 0 Å². The predicted molar refractivity (Wildman–Crippen MR) is 105 cm³/mol. The molecule has 0 radical (unpaired) electrons. The SMILES string of the molecule is O=C(c1ccc(Br)cc1)[C@@H]1[C@@H]2[C@@H]3C[C@@H]([C@H]2ON1c1ccccc1)[C@H](Cl)C3. The molecule has 1 saturated heterocycles. The number of rotatable bonds is 3. The topological polar surface area (TPSA) is 29.5 Å². The van der Waals surface area contributed by atoms with Crippen molar-refractivity contribution in [3.05, 3.63) is 64.6 Å². The van der Waals surface area contributed by atoms with E-state index in [1.165, 1.54) is 0 Å². The van der Waals surface area contributed by atoms with Crippen molar-refractivity contribution in [2.75, 3.05) is 5.06 Å². The first-order chi connectivity index (χ1) is 12.6. The fourth-order valence-electron chi connectivity index (χ4n) is 5.07. The van der Waals surface area contributed by atoms with Crippen molar-refractivity contribution in [1.29, 1.82) is 0 Å². The number of fused-ring (bicyclic) bond motifs is 5. The molecule has 2 bridgehead atoms. The van der Waals surface area contributed by atoms with Gasteiger partial charge in [-0.05, 0) is 43.0 Å². The minimum absolute atomic E-state index is 0.0425. The van der Waals surface area contributed by atoms with Crippen LogP contribution in [-0.2, 0) is 4.84 Å². The zero-order chi connectivity index (χ0) is 17.8. The van der Waals surface area contributed by atoms with Crippen LogP contribution in [0.3, 0.4) is 0 Å². The number of halogens is 2. The van der Waals surface area contributed by atoms with Crippen LogP contribution < -0.4 is 5.06 Å². The third-order valence-corrected chi connectivity index (χ3v) is 7.20. The fourth-order valence-corrected chi connectivity index (χ4v) is 5.81. The number of carbonyl (C=O) groups is 1. The van der Waals surface area contributed by atoms with Crippen molar-refractivity contribution in [3.63, 3.8) is 0 Å². The molecule has 0 amide bonds. The number of hydroxylamine groups is 1. The maximum absolute atomic E-state index is 13.5. The highest BCUT2D eigenvalue weighted by Gasteiger charge is 2.62. The second kappa shape index (κ2) is 6.36. The highest BCUT2D eigenvalue weighted by molar-refractivity contribution is 9.10. The summed E-state index contributed by atoms with van der Waals surface area (Å²) in [6, 6.07) is 17.3. The average Bonchev–Trinajstić information content (AvgIpc) is 3.32. The van der Waals surface area contributed by atoms with E-state index in [2.05, 4.69) is 15.9 Å². The van der Waals surface area contributed by atoms with Gasteiger partial charge in [0.25, 0.3) is 0 Å². The maximum atomic E-state index is 13.5. The molecule has 3 nitrogen and oxygen atoms in total. The molecule has 2 aromatic carbocycles. The molecule has 6 atom stereocenters. The Balaban J connectivity index is 1.54. The summed E-state index contributed by atoms with van der Waals surface area (Å²) in [6.45, 7) is 0. The number of nitrogens with zero attached hydrogens (tertiary/aromatic N) is 1. The molecule has 2 aliphatic carbocycles. The van der Waals surface area contributed by atoms with Crippen molar-refractivity contribution in [2.24, 2.45) is 17.8 Å². The summed E-state index contributed by atoms with van der Waals surface area (Å²) in [7, 11) is 0. The Kier molecular flexibility index (Phi) is 4.11. The zero-order valence-electron chi connectivity index (χ0n) is 14.1. The van der Waals surface area contributed by atoms with Gasteiger partial charge in [-0.3, -0.25) is 9.63 Å². The predicted octanol–water partition coefficient (Wildman–Crippen LogP) is 5.08. The Morgan fingerprint density at radius 2 is 1.81 bits per heavy atom. The maximum Gasteiger partial charge on any atom is 0.188 e. The molecule has 134 valence electrons. The van der Waals surface area contributed by atoms with Crippen LogP contribution in [0.25, 0.3) is 0 Å². The van der Waals surface area contributed by atoms with E-state index in [0.29, 0.717) is 11.8 Å². The van der Waals surface area contributed by atoms with Crippen molar-refractivity contribution in [1.82, 2.24) is 0 Å². The largest absolute Gasteiger partial charge is 0.292 e. The van der Waals surface area contributed by atoms with E-state index in [0.717, 1.165) is 28.6 Å². The summed E-state index contributed by atoms with van der Waals surface area (Å²) in [6.07, 6.45) is 2.11. The average molecular weight is 433 g/mol. The summed E-state index contributed by atoms with van der Waals surface area (Å²) < 4.78 is 0.972. The summed E-state index contributed by atoms with van der Waals surface area (Å²) in [4.78, 5) is 19.8. The number of para-hydroxylation sites is 1. The molecule has 2 saturated carbocycles. The molecule has 5 heteroatoms. The number of anilines is 1. The first-order valence-corrected chi connectivity index (χ1v) is 10.3. The van der Waals surface area contributed by atoms with Gasteiger partial charge in [-0.25, -0.2) is 5.06 Å². The molecule has 0 unspecified atom stereocenters. The number of alkyl halides is 1. The number of hydrogen-bond acceptors (Lipinski definition) is 3. The van der Waals surface area contributed by atoms with E-state index in [1.54, 1.807) is 0 Å². The van der Waals surface area contributed by atoms with Crippen LogP contribution in [0.5, 0.6) is 0 Å². The molecular formula is C21H19BrClNO2. The Labute approximate surface area is 166 Å². The van der Waals surface area contributed by atoms with Crippen LogP contribution in [0.15, 0.2) is 59.1 Å². The molecule has 26 heavy (non-hydrogen) atoms. The molecule has 1 heterocycles. The number of benzene rings is 2. The van der Waals surface area contributed by atoms with Gasteiger partial charge in [0.05, 0.1) is 11.8 Å². The lowest BCUT2D eigenvalue weighted by molar-refractivity contribution is 0.0371. The zero-order valence-corrected chi connectivity index (χ0v) is 16.4. The molecule has 0 spiro atoms. The van der Waals surface area contributed by atoms with Gasteiger partial charge in [-0.1, -0.05) is 46.3 Å². The number of ketones is 1. The highest BCUT2D eigenvalue weighted by Crippen LogP contribution is 2.57. The van der Waals surface area contributed by atoms with Crippen LogP contribution in [-0.4, -0.2) is 23.3 Å². The van der Waals surface area contributed by atoms with Crippen LogP contribution in [0, 0.1) is 17.8 Å². The highest BCUT2D eigenvalue weighted by atomic mass is 79.9. The normalized spacial score (nSPS) is 34.9. The Morgan fingerprint density at radius 1 is 1.08 bits per heavy atom. The Morgan fingerprint density at radius 3 is 2.54 bits per heavy atom. The van der Waals surface area contributed by atoms with Gasteiger partial charge in [-0.2, -0.15) is 0 Å². The Hall–Kier alpha value is -1.36. The van der Waals surface area contributed by atoms with Gasteiger partial charge in [0, 0.05) is 27.2 Å². The molecule has 0 aromatic heterocycles. The first-order valence-electron chi connectivity index (χ1n) is 9.08. The minimum Gasteiger partial charge on any atom is -0.292 e. The molecule has 0 N–H and O–H groups in total.